The zero-order valence-electron chi connectivity index (χ0n) is 19.7. The zero-order chi connectivity index (χ0) is 24.2. The third kappa shape index (κ3) is 5.62. The number of carbonyl (C=O) groups is 1. The lowest BCUT2D eigenvalue weighted by molar-refractivity contribution is 0.215. The highest BCUT2D eigenvalue weighted by molar-refractivity contribution is 6.39. The van der Waals surface area contributed by atoms with Crippen LogP contribution in [0.1, 0.15) is 34.6 Å². The van der Waals surface area contributed by atoms with Crippen LogP contribution in [-0.2, 0) is 6.42 Å². The van der Waals surface area contributed by atoms with Gasteiger partial charge in [-0.2, -0.15) is 0 Å². The number of carbonyl (C=O) groups excluding carboxylic acids is 1. The van der Waals surface area contributed by atoms with Gasteiger partial charge in [-0.1, -0.05) is 59.1 Å². The minimum atomic E-state index is -0.202. The summed E-state index contributed by atoms with van der Waals surface area (Å²) in [5, 5.41) is 3.72. The van der Waals surface area contributed by atoms with E-state index < -0.39 is 0 Å². The fourth-order valence-electron chi connectivity index (χ4n) is 4.23. The van der Waals surface area contributed by atoms with Crippen molar-refractivity contribution >= 4 is 40.7 Å². The molecule has 1 N–H and O–H groups in total. The molecule has 2 aromatic carbocycles. The van der Waals surface area contributed by atoms with E-state index >= 15 is 0 Å². The van der Waals surface area contributed by atoms with Crippen molar-refractivity contribution in [1.29, 1.82) is 0 Å². The van der Waals surface area contributed by atoms with Gasteiger partial charge in [0.15, 0.2) is 0 Å². The van der Waals surface area contributed by atoms with Crippen LogP contribution in [0.15, 0.2) is 42.5 Å². The predicted molar refractivity (Wildman–Crippen MR) is 139 cm³/mol. The van der Waals surface area contributed by atoms with E-state index in [-0.39, 0.29) is 6.03 Å². The van der Waals surface area contributed by atoms with Gasteiger partial charge in [-0.25, -0.2) is 14.8 Å². The van der Waals surface area contributed by atoms with Gasteiger partial charge in [-0.15, -0.1) is 0 Å². The molecule has 178 valence electrons. The lowest BCUT2D eigenvalue weighted by Crippen LogP contribution is -2.38. The molecule has 4 rings (SSSR count). The smallest absolute Gasteiger partial charge is 0.321 e. The topological polar surface area (TPSA) is 61.4 Å². The molecule has 34 heavy (non-hydrogen) atoms. The molecule has 1 aliphatic rings. The number of rotatable bonds is 4. The number of para-hydroxylation sites is 1. The first-order chi connectivity index (χ1) is 16.3. The number of hydrogen-bond acceptors (Lipinski definition) is 4. The number of anilines is 2. The molecule has 0 saturated carbocycles. The van der Waals surface area contributed by atoms with Crippen molar-refractivity contribution in [1.82, 2.24) is 14.9 Å². The molecule has 6 nitrogen and oxygen atoms in total. The fourth-order valence-corrected chi connectivity index (χ4v) is 4.72. The van der Waals surface area contributed by atoms with Crippen LogP contribution in [-0.4, -0.2) is 47.1 Å². The van der Waals surface area contributed by atoms with Crippen LogP contribution in [0.3, 0.4) is 0 Å². The van der Waals surface area contributed by atoms with Gasteiger partial charge in [0.1, 0.15) is 11.6 Å². The molecule has 0 spiro atoms. The molecule has 1 saturated heterocycles. The molecule has 0 aliphatic carbocycles. The summed E-state index contributed by atoms with van der Waals surface area (Å²) in [5.41, 5.74) is 5.05. The second-order valence-electron chi connectivity index (χ2n) is 8.68. The third-order valence-electron chi connectivity index (χ3n) is 6.08. The molecule has 0 radical (unpaired) electrons. The highest BCUT2D eigenvalue weighted by atomic mass is 35.5. The van der Waals surface area contributed by atoms with Crippen molar-refractivity contribution in [2.75, 3.05) is 36.4 Å². The summed E-state index contributed by atoms with van der Waals surface area (Å²) >= 11 is 12.5. The summed E-state index contributed by atoms with van der Waals surface area (Å²) in [6.45, 7) is 8.77. The first-order valence-corrected chi connectivity index (χ1v) is 12.2. The second kappa shape index (κ2) is 10.6. The molecule has 1 aromatic heterocycles. The van der Waals surface area contributed by atoms with E-state index in [1.807, 2.05) is 13.8 Å². The number of amides is 2. The standard InChI is InChI=1S/C26H29Cl2N5O/c1-17-8-10-20(11-9-17)16-21-18(2)29-19(3)30-25(21)32-12-5-13-33(15-14-32)26(34)31-24-22(27)6-4-7-23(24)28/h4,6-11H,5,12-16H2,1-3H3,(H,31,34). The highest BCUT2D eigenvalue weighted by Gasteiger charge is 2.24. The largest absolute Gasteiger partial charge is 0.354 e. The van der Waals surface area contributed by atoms with Gasteiger partial charge in [0.05, 0.1) is 15.7 Å². The fraction of sp³-hybridized carbons (Fsp3) is 0.346. The van der Waals surface area contributed by atoms with E-state index in [2.05, 4.69) is 46.4 Å². The molecule has 8 heteroatoms. The number of benzene rings is 2. The number of hydrogen-bond donors (Lipinski definition) is 1. The summed E-state index contributed by atoms with van der Waals surface area (Å²) in [6.07, 6.45) is 1.60. The molecule has 0 bridgehead atoms. The van der Waals surface area contributed by atoms with Gasteiger partial charge in [0.2, 0.25) is 0 Å². The Bertz CT molecular complexity index is 1160. The third-order valence-corrected chi connectivity index (χ3v) is 6.71. The molecular weight excluding hydrogens is 469 g/mol. The molecule has 1 fully saturated rings. The van der Waals surface area contributed by atoms with Crippen LogP contribution in [0.2, 0.25) is 10.0 Å². The van der Waals surface area contributed by atoms with Gasteiger partial charge in [-0.05, 0) is 44.9 Å². The Balaban J connectivity index is 1.51. The summed E-state index contributed by atoms with van der Waals surface area (Å²) in [7, 11) is 0. The molecule has 2 amide bonds. The number of halogens is 2. The Labute approximate surface area is 210 Å². The normalized spacial score (nSPS) is 14.1. The lowest BCUT2D eigenvalue weighted by atomic mass is 10.0. The Morgan fingerprint density at radius 1 is 0.941 bits per heavy atom. The number of urea groups is 1. The van der Waals surface area contributed by atoms with E-state index in [1.165, 1.54) is 11.1 Å². The minimum absolute atomic E-state index is 0.202. The minimum Gasteiger partial charge on any atom is -0.354 e. The number of aryl methyl sites for hydroxylation is 3. The molecule has 0 atom stereocenters. The van der Waals surface area contributed by atoms with E-state index in [0.29, 0.717) is 35.4 Å². The summed E-state index contributed by atoms with van der Waals surface area (Å²) in [6, 6.07) is 13.6. The Kier molecular flexibility index (Phi) is 7.59. The maximum atomic E-state index is 13.0. The van der Waals surface area contributed by atoms with Crippen LogP contribution in [0.4, 0.5) is 16.3 Å². The van der Waals surface area contributed by atoms with Crippen LogP contribution >= 0.6 is 23.2 Å². The van der Waals surface area contributed by atoms with E-state index in [0.717, 1.165) is 42.3 Å². The van der Waals surface area contributed by atoms with Gasteiger partial charge in [0, 0.05) is 43.9 Å². The summed E-state index contributed by atoms with van der Waals surface area (Å²) in [5.74, 6) is 1.72. The Morgan fingerprint density at radius 2 is 1.65 bits per heavy atom. The molecule has 3 aromatic rings. The maximum absolute atomic E-state index is 13.0. The number of nitrogens with zero attached hydrogens (tertiary/aromatic N) is 4. The van der Waals surface area contributed by atoms with Crippen LogP contribution in [0.25, 0.3) is 0 Å². The van der Waals surface area contributed by atoms with E-state index in [1.54, 1.807) is 23.1 Å². The van der Waals surface area contributed by atoms with Crippen molar-refractivity contribution in [3.05, 3.63) is 80.7 Å². The lowest BCUT2D eigenvalue weighted by Gasteiger charge is -2.26. The molecule has 2 heterocycles. The second-order valence-corrected chi connectivity index (χ2v) is 9.49. The van der Waals surface area contributed by atoms with Crippen LogP contribution < -0.4 is 10.2 Å². The molecular formula is C26H29Cl2N5O. The Morgan fingerprint density at radius 3 is 2.35 bits per heavy atom. The van der Waals surface area contributed by atoms with Gasteiger partial charge >= 0.3 is 6.03 Å². The summed E-state index contributed by atoms with van der Waals surface area (Å²) in [4.78, 5) is 26.5. The summed E-state index contributed by atoms with van der Waals surface area (Å²) < 4.78 is 0. The van der Waals surface area contributed by atoms with E-state index in [4.69, 9.17) is 28.2 Å². The average Bonchev–Trinajstić information content (AvgIpc) is 3.05. The van der Waals surface area contributed by atoms with E-state index in [9.17, 15) is 4.79 Å². The highest BCUT2D eigenvalue weighted by Crippen LogP contribution is 2.30. The zero-order valence-corrected chi connectivity index (χ0v) is 21.2. The quantitative estimate of drug-likeness (QED) is 0.476. The number of nitrogens with one attached hydrogen (secondary N) is 1. The van der Waals surface area contributed by atoms with Gasteiger partial charge < -0.3 is 15.1 Å². The SMILES string of the molecule is Cc1ccc(Cc2c(C)nc(C)nc2N2CCCN(C(=O)Nc3c(Cl)cccc3Cl)CC2)cc1. The molecule has 0 unspecified atom stereocenters. The average molecular weight is 498 g/mol. The number of aromatic nitrogens is 2. The predicted octanol–water partition coefficient (Wildman–Crippen LogP) is 6.04. The first kappa shape index (κ1) is 24.3. The van der Waals surface area contributed by atoms with Crippen LogP contribution in [0.5, 0.6) is 0 Å². The Hall–Kier alpha value is -2.83. The van der Waals surface area contributed by atoms with Crippen molar-refractivity contribution in [2.45, 2.75) is 33.6 Å². The van der Waals surface area contributed by atoms with Crippen molar-refractivity contribution < 1.29 is 4.79 Å². The van der Waals surface area contributed by atoms with Crippen molar-refractivity contribution in [3.63, 3.8) is 0 Å². The van der Waals surface area contributed by atoms with Crippen molar-refractivity contribution in [3.8, 4) is 0 Å². The molecule has 1 aliphatic heterocycles. The van der Waals surface area contributed by atoms with Gasteiger partial charge in [-0.3, -0.25) is 0 Å². The monoisotopic (exact) mass is 497 g/mol. The van der Waals surface area contributed by atoms with Crippen LogP contribution in [0, 0.1) is 20.8 Å². The van der Waals surface area contributed by atoms with Gasteiger partial charge in [0.25, 0.3) is 0 Å². The maximum Gasteiger partial charge on any atom is 0.321 e. The first-order valence-electron chi connectivity index (χ1n) is 11.5. The van der Waals surface area contributed by atoms with Crippen molar-refractivity contribution in [2.24, 2.45) is 0 Å².